The molecule has 0 radical (unpaired) electrons. The summed E-state index contributed by atoms with van der Waals surface area (Å²) in [5, 5.41) is 0. The van der Waals surface area contributed by atoms with Crippen molar-refractivity contribution in [3.05, 3.63) is 138 Å². The van der Waals surface area contributed by atoms with Gasteiger partial charge in [-0.15, -0.1) is 0 Å². The Kier molecular flexibility index (Phi) is 9.96. The molecule has 0 saturated carbocycles. The number of nitrogens with zero attached hydrogens (tertiary/aromatic N) is 2. The zero-order valence-corrected chi connectivity index (χ0v) is 25.8. The maximum atomic E-state index is 13.7. The lowest BCUT2D eigenvalue weighted by molar-refractivity contribution is 0.0644. The van der Waals surface area contributed by atoms with Crippen molar-refractivity contribution >= 4 is 57.0 Å². The maximum absolute atomic E-state index is 13.7. The predicted molar refractivity (Wildman–Crippen MR) is 170 cm³/mol. The highest BCUT2D eigenvalue weighted by molar-refractivity contribution is 14.1. The molecule has 0 heterocycles. The van der Waals surface area contributed by atoms with E-state index in [1.54, 1.807) is 0 Å². The number of hydrogen-bond donors (Lipinski definition) is 0. The van der Waals surface area contributed by atoms with E-state index in [9.17, 15) is 9.59 Å². The molecule has 194 valence electrons. The van der Waals surface area contributed by atoms with Crippen molar-refractivity contribution in [3.8, 4) is 0 Å². The molecule has 0 aliphatic heterocycles. The highest BCUT2D eigenvalue weighted by Crippen LogP contribution is 2.19. The lowest BCUT2D eigenvalue weighted by atomic mass is 10.1. The van der Waals surface area contributed by atoms with E-state index in [1.807, 2.05) is 121 Å². The van der Waals surface area contributed by atoms with E-state index in [0.717, 1.165) is 29.4 Å². The molecule has 4 nitrogen and oxygen atoms in total. The van der Waals surface area contributed by atoms with Crippen LogP contribution in [-0.2, 0) is 13.1 Å². The maximum Gasteiger partial charge on any atom is 0.254 e. The van der Waals surface area contributed by atoms with Crippen LogP contribution in [0.15, 0.2) is 97.1 Å². The van der Waals surface area contributed by atoms with Crippen molar-refractivity contribution < 1.29 is 9.59 Å². The summed E-state index contributed by atoms with van der Waals surface area (Å²) in [4.78, 5) is 31.1. The molecule has 0 aromatic heterocycles. The normalized spacial score (nSPS) is 10.7. The number of hydrogen-bond acceptors (Lipinski definition) is 2. The fourth-order valence-electron chi connectivity index (χ4n) is 4.17. The first kappa shape index (κ1) is 28.3. The molecule has 0 unspecified atom stereocenters. The molecule has 0 bridgehead atoms. The zero-order chi connectivity index (χ0) is 27.1. The largest absolute Gasteiger partial charge is 0.333 e. The number of carbonyl (C=O) groups excluding carboxylic acids is 2. The Morgan fingerprint density at radius 1 is 0.579 bits per heavy atom. The van der Waals surface area contributed by atoms with Crippen molar-refractivity contribution in [2.24, 2.45) is 0 Å². The van der Waals surface area contributed by atoms with Gasteiger partial charge in [-0.25, -0.2) is 0 Å². The zero-order valence-electron chi connectivity index (χ0n) is 21.5. The first-order valence-corrected chi connectivity index (χ1v) is 14.7. The van der Waals surface area contributed by atoms with Gasteiger partial charge in [-0.1, -0.05) is 72.8 Å². The Morgan fingerprint density at radius 3 is 1.29 bits per heavy atom. The van der Waals surface area contributed by atoms with Crippen LogP contribution in [0.3, 0.4) is 0 Å². The highest BCUT2D eigenvalue weighted by atomic mass is 127. The smallest absolute Gasteiger partial charge is 0.254 e. The Labute approximate surface area is 252 Å². The van der Waals surface area contributed by atoms with E-state index in [1.165, 1.54) is 0 Å². The molecule has 0 spiro atoms. The average molecular weight is 728 g/mol. The van der Waals surface area contributed by atoms with Crippen molar-refractivity contribution in [1.82, 2.24) is 9.80 Å². The van der Waals surface area contributed by atoms with E-state index in [0.29, 0.717) is 37.3 Å². The Hall–Kier alpha value is -2.72. The molecule has 4 aromatic carbocycles. The van der Waals surface area contributed by atoms with Gasteiger partial charge in [-0.05, 0) is 106 Å². The van der Waals surface area contributed by atoms with Crippen LogP contribution in [0.4, 0.5) is 0 Å². The molecule has 0 atom stereocenters. The lowest BCUT2D eigenvalue weighted by Crippen LogP contribution is -2.40. The van der Waals surface area contributed by atoms with Crippen LogP contribution in [0, 0.1) is 21.0 Å². The summed E-state index contributed by atoms with van der Waals surface area (Å²) < 4.78 is 2.12. The van der Waals surface area contributed by atoms with Crippen molar-refractivity contribution in [1.29, 1.82) is 0 Å². The van der Waals surface area contributed by atoms with Crippen LogP contribution in [0.5, 0.6) is 0 Å². The molecule has 38 heavy (non-hydrogen) atoms. The number of halogens is 2. The van der Waals surface area contributed by atoms with E-state index in [2.05, 4.69) is 45.2 Å². The predicted octanol–water partition coefficient (Wildman–Crippen LogP) is 7.50. The van der Waals surface area contributed by atoms with Crippen LogP contribution in [0.1, 0.15) is 43.0 Å². The van der Waals surface area contributed by atoms with Gasteiger partial charge in [0.15, 0.2) is 0 Å². The van der Waals surface area contributed by atoms with Gasteiger partial charge in [0.1, 0.15) is 0 Å². The van der Waals surface area contributed by atoms with Gasteiger partial charge in [0.05, 0.1) is 0 Å². The van der Waals surface area contributed by atoms with Gasteiger partial charge >= 0.3 is 0 Å². The lowest BCUT2D eigenvalue weighted by Gasteiger charge is -2.29. The van der Waals surface area contributed by atoms with Crippen LogP contribution in [-0.4, -0.2) is 34.7 Å². The van der Waals surface area contributed by atoms with Gasteiger partial charge in [-0.3, -0.25) is 9.59 Å². The standard InChI is InChI=1S/C32H30I2N2O2/c1-23-13-15-27(19-29(23)33)31(37)35(21-25-9-5-3-6-10-25)17-18-36(22-26-11-7-4-8-12-26)32(38)28-16-14-24(2)30(34)20-28/h3-16,19-20H,17-18,21-22H2,1-2H3. The molecular weight excluding hydrogens is 698 g/mol. The van der Waals surface area contributed by atoms with Crippen LogP contribution in [0.25, 0.3) is 0 Å². The van der Waals surface area contributed by atoms with E-state index in [4.69, 9.17) is 0 Å². The molecule has 0 aliphatic carbocycles. The van der Waals surface area contributed by atoms with Crippen molar-refractivity contribution in [2.45, 2.75) is 26.9 Å². The molecule has 0 saturated heterocycles. The van der Waals surface area contributed by atoms with E-state index >= 15 is 0 Å². The molecule has 4 aromatic rings. The minimum atomic E-state index is -0.0382. The highest BCUT2D eigenvalue weighted by Gasteiger charge is 2.22. The number of rotatable bonds is 9. The second-order valence-electron chi connectivity index (χ2n) is 9.35. The third-order valence-corrected chi connectivity index (χ3v) is 8.81. The van der Waals surface area contributed by atoms with Gasteiger partial charge in [0.2, 0.25) is 0 Å². The minimum Gasteiger partial charge on any atom is -0.333 e. The number of carbonyl (C=O) groups is 2. The fraction of sp³-hybridized carbons (Fsp3) is 0.188. The van der Waals surface area contributed by atoms with Gasteiger partial charge in [0, 0.05) is 44.4 Å². The van der Waals surface area contributed by atoms with Crippen LogP contribution >= 0.6 is 45.2 Å². The molecule has 0 N–H and O–H groups in total. The summed E-state index contributed by atoms with van der Waals surface area (Å²) in [6.07, 6.45) is 0. The minimum absolute atomic E-state index is 0.0382. The monoisotopic (exact) mass is 728 g/mol. The molecule has 4 rings (SSSR count). The molecule has 2 amide bonds. The average Bonchev–Trinajstić information content (AvgIpc) is 2.93. The summed E-state index contributed by atoms with van der Waals surface area (Å²) in [6.45, 7) is 5.85. The topological polar surface area (TPSA) is 40.6 Å². The van der Waals surface area contributed by atoms with Crippen molar-refractivity contribution in [2.75, 3.05) is 13.1 Å². The summed E-state index contributed by atoms with van der Waals surface area (Å²) in [5.74, 6) is -0.0764. The summed E-state index contributed by atoms with van der Waals surface area (Å²) in [7, 11) is 0. The first-order valence-electron chi connectivity index (χ1n) is 12.5. The third kappa shape index (κ3) is 7.44. The van der Waals surface area contributed by atoms with Crippen LogP contribution < -0.4 is 0 Å². The first-order chi connectivity index (χ1) is 18.3. The van der Waals surface area contributed by atoms with E-state index in [-0.39, 0.29) is 11.8 Å². The third-order valence-electron chi connectivity index (χ3n) is 6.48. The Balaban J connectivity index is 1.61. The Morgan fingerprint density at radius 2 is 0.947 bits per heavy atom. The van der Waals surface area contributed by atoms with E-state index < -0.39 is 0 Å². The molecule has 0 aliphatic rings. The SMILES string of the molecule is Cc1ccc(C(=O)N(CCN(Cc2ccccc2)C(=O)c2ccc(C)c(I)c2)Cc2ccccc2)cc1I. The summed E-state index contributed by atoms with van der Waals surface area (Å²) in [6, 6.07) is 31.6. The van der Waals surface area contributed by atoms with Crippen molar-refractivity contribution in [3.63, 3.8) is 0 Å². The summed E-state index contributed by atoms with van der Waals surface area (Å²) >= 11 is 4.54. The molecular formula is C32H30I2N2O2. The second-order valence-corrected chi connectivity index (χ2v) is 11.7. The number of aryl methyl sites for hydroxylation is 2. The molecule has 6 heteroatoms. The second kappa shape index (κ2) is 13.4. The van der Waals surface area contributed by atoms with Gasteiger partial charge < -0.3 is 9.80 Å². The van der Waals surface area contributed by atoms with Gasteiger partial charge in [-0.2, -0.15) is 0 Å². The quantitative estimate of drug-likeness (QED) is 0.168. The van der Waals surface area contributed by atoms with Crippen LogP contribution in [0.2, 0.25) is 0 Å². The number of amides is 2. The molecule has 0 fully saturated rings. The fourth-order valence-corrected chi connectivity index (χ4v) is 5.20. The Bertz CT molecular complexity index is 1300. The number of benzene rings is 4. The summed E-state index contributed by atoms with van der Waals surface area (Å²) in [5.41, 5.74) is 5.71. The van der Waals surface area contributed by atoms with Gasteiger partial charge in [0.25, 0.3) is 11.8 Å².